The minimum Gasteiger partial charge on any atom is -0.497 e. The van der Waals surface area contributed by atoms with Gasteiger partial charge in [-0.15, -0.1) is 0 Å². The van der Waals surface area contributed by atoms with Crippen molar-refractivity contribution in [1.29, 1.82) is 0 Å². The van der Waals surface area contributed by atoms with Gasteiger partial charge in [-0.25, -0.2) is 0 Å². The third-order valence-corrected chi connectivity index (χ3v) is 9.54. The van der Waals surface area contributed by atoms with Gasteiger partial charge < -0.3 is 25.4 Å². The largest absolute Gasteiger partial charge is 0.497 e. The maximum atomic E-state index is 13.7. The molecule has 2 heterocycles. The number of piperidine rings is 1. The molecule has 9 nitrogen and oxygen atoms in total. The zero-order valence-corrected chi connectivity index (χ0v) is 25.6. The lowest BCUT2D eigenvalue weighted by molar-refractivity contribution is -0.163. The lowest BCUT2D eigenvalue weighted by Crippen LogP contribution is -2.73. The van der Waals surface area contributed by atoms with E-state index in [1.165, 1.54) is 0 Å². The molecule has 3 aliphatic rings. The molecule has 5 rings (SSSR count). The molecule has 2 aromatic carbocycles. The van der Waals surface area contributed by atoms with Crippen LogP contribution in [0.3, 0.4) is 0 Å². The molecule has 3 fully saturated rings. The first-order valence-corrected chi connectivity index (χ1v) is 15.8. The number of amides is 3. The Morgan fingerprint density at radius 2 is 1.63 bits per heavy atom. The van der Waals surface area contributed by atoms with E-state index in [1.54, 1.807) is 7.11 Å². The van der Waals surface area contributed by atoms with Crippen molar-refractivity contribution in [1.82, 2.24) is 20.4 Å². The van der Waals surface area contributed by atoms with Gasteiger partial charge in [0.15, 0.2) is 0 Å². The molecule has 2 aliphatic heterocycles. The fourth-order valence-corrected chi connectivity index (χ4v) is 6.98. The van der Waals surface area contributed by atoms with Crippen LogP contribution in [0.15, 0.2) is 48.5 Å². The van der Waals surface area contributed by atoms with Crippen molar-refractivity contribution < 1.29 is 24.2 Å². The van der Waals surface area contributed by atoms with Crippen LogP contribution in [0, 0.1) is 0 Å². The second-order valence-corrected chi connectivity index (χ2v) is 12.5. The van der Waals surface area contributed by atoms with Crippen LogP contribution in [0.4, 0.5) is 0 Å². The summed E-state index contributed by atoms with van der Waals surface area (Å²) in [4.78, 5) is 44.2. The van der Waals surface area contributed by atoms with Crippen molar-refractivity contribution in [3.63, 3.8) is 0 Å². The molecule has 1 saturated carbocycles. The summed E-state index contributed by atoms with van der Waals surface area (Å²) in [5.41, 5.74) is 0.996. The van der Waals surface area contributed by atoms with Gasteiger partial charge in [0.25, 0.3) is 5.91 Å². The zero-order valence-electron chi connectivity index (χ0n) is 25.6. The highest BCUT2D eigenvalue weighted by atomic mass is 16.5. The lowest BCUT2D eigenvalue weighted by atomic mass is 9.77. The second-order valence-electron chi connectivity index (χ2n) is 12.5. The fourth-order valence-electron chi connectivity index (χ4n) is 6.98. The van der Waals surface area contributed by atoms with Crippen LogP contribution in [0.5, 0.6) is 5.75 Å². The predicted molar refractivity (Wildman–Crippen MR) is 164 cm³/mol. The van der Waals surface area contributed by atoms with Crippen molar-refractivity contribution in [3.05, 3.63) is 65.2 Å². The minimum atomic E-state index is -0.871. The van der Waals surface area contributed by atoms with Crippen molar-refractivity contribution in [2.24, 2.45) is 0 Å². The molecular weight excluding hydrogens is 544 g/mol. The Bertz CT molecular complexity index is 1260. The number of aliphatic hydroxyl groups is 1. The van der Waals surface area contributed by atoms with Crippen molar-refractivity contribution >= 4 is 17.7 Å². The summed E-state index contributed by atoms with van der Waals surface area (Å²) in [6.07, 6.45) is 6.65. The molecule has 0 radical (unpaired) electrons. The zero-order chi connectivity index (χ0) is 30.5. The van der Waals surface area contributed by atoms with Gasteiger partial charge in [-0.2, -0.15) is 0 Å². The summed E-state index contributed by atoms with van der Waals surface area (Å²) < 4.78 is 5.18. The van der Waals surface area contributed by atoms with Crippen LogP contribution in [0.2, 0.25) is 0 Å². The van der Waals surface area contributed by atoms with Crippen LogP contribution < -0.4 is 15.4 Å². The maximum absolute atomic E-state index is 13.7. The SMILES string of the molecule is CCCN1C(=O)[C@@H](CC2(O)CCCCC2)NC(=O)C12CCN(Cc1ccc(C(=O)NCc3ccc(OC)cc3)cc1)CC2. The fraction of sp³-hybridized carbons (Fsp3) is 0.559. The normalized spacial score (nSPS) is 21.8. The van der Waals surface area contributed by atoms with Gasteiger partial charge in [0.1, 0.15) is 17.3 Å². The number of nitrogens with zero attached hydrogens (tertiary/aromatic N) is 2. The number of carbonyl (C=O) groups excluding carboxylic acids is 3. The summed E-state index contributed by atoms with van der Waals surface area (Å²) >= 11 is 0. The van der Waals surface area contributed by atoms with Crippen LogP contribution in [0.25, 0.3) is 0 Å². The summed E-state index contributed by atoms with van der Waals surface area (Å²) in [7, 11) is 1.63. The molecule has 0 aromatic heterocycles. The Labute approximate surface area is 255 Å². The number of piperazine rings is 1. The smallest absolute Gasteiger partial charge is 0.251 e. The molecule has 3 N–H and O–H groups in total. The van der Waals surface area contributed by atoms with E-state index in [2.05, 4.69) is 15.5 Å². The molecule has 3 amide bonds. The number of carbonyl (C=O) groups is 3. The van der Waals surface area contributed by atoms with E-state index >= 15 is 0 Å². The quantitative estimate of drug-likeness (QED) is 0.389. The number of methoxy groups -OCH3 is 1. The van der Waals surface area contributed by atoms with Gasteiger partial charge in [0.05, 0.1) is 12.7 Å². The van der Waals surface area contributed by atoms with Crippen LogP contribution in [0.1, 0.15) is 86.2 Å². The first-order valence-electron chi connectivity index (χ1n) is 15.8. The summed E-state index contributed by atoms with van der Waals surface area (Å²) in [5.74, 6) is 0.534. The first-order chi connectivity index (χ1) is 20.7. The number of ether oxygens (including phenoxy) is 1. The molecule has 1 spiro atoms. The van der Waals surface area contributed by atoms with E-state index in [4.69, 9.17) is 4.74 Å². The topological polar surface area (TPSA) is 111 Å². The highest BCUT2D eigenvalue weighted by Crippen LogP contribution is 2.37. The number of hydrogen-bond acceptors (Lipinski definition) is 6. The van der Waals surface area contributed by atoms with E-state index in [-0.39, 0.29) is 17.7 Å². The first kappa shape index (κ1) is 31.0. The highest BCUT2D eigenvalue weighted by molar-refractivity contribution is 6.00. The average Bonchev–Trinajstić information content (AvgIpc) is 3.02. The summed E-state index contributed by atoms with van der Waals surface area (Å²) in [6.45, 7) is 5.12. The Balaban J connectivity index is 1.15. The number of rotatable bonds is 10. The van der Waals surface area contributed by atoms with Crippen molar-refractivity contribution in [3.8, 4) is 5.75 Å². The van der Waals surface area contributed by atoms with E-state index in [1.807, 2.05) is 60.4 Å². The molecule has 1 atom stereocenters. The van der Waals surface area contributed by atoms with Gasteiger partial charge in [-0.05, 0) is 67.5 Å². The Morgan fingerprint density at radius 3 is 2.26 bits per heavy atom. The molecule has 9 heteroatoms. The van der Waals surface area contributed by atoms with Crippen LogP contribution >= 0.6 is 0 Å². The van der Waals surface area contributed by atoms with Crippen LogP contribution in [-0.4, -0.2) is 76.6 Å². The predicted octanol–water partition coefficient (Wildman–Crippen LogP) is 3.78. The lowest BCUT2D eigenvalue weighted by Gasteiger charge is -2.52. The van der Waals surface area contributed by atoms with Crippen molar-refractivity contribution in [2.75, 3.05) is 26.7 Å². The van der Waals surface area contributed by atoms with Gasteiger partial charge >= 0.3 is 0 Å². The molecule has 43 heavy (non-hydrogen) atoms. The number of benzene rings is 2. The number of nitrogens with one attached hydrogen (secondary N) is 2. The van der Waals surface area contributed by atoms with Gasteiger partial charge in [-0.3, -0.25) is 19.3 Å². The number of hydrogen-bond donors (Lipinski definition) is 3. The standard InChI is InChI=1S/C34H46N4O5/c1-3-19-38-31(40)29(22-33(42)15-5-4-6-16-33)36-32(41)34(38)17-20-37(21-18-34)24-26-7-11-27(12-8-26)30(39)35-23-25-9-13-28(43-2)14-10-25/h7-14,29,42H,3-6,15-24H2,1-2H3,(H,35,39)(H,36,41)/t29-/m1/s1. The maximum Gasteiger partial charge on any atom is 0.251 e. The van der Waals surface area contributed by atoms with E-state index in [0.29, 0.717) is 70.4 Å². The molecule has 2 aromatic rings. The summed E-state index contributed by atoms with van der Waals surface area (Å²) in [6, 6.07) is 14.6. The van der Waals surface area contributed by atoms with E-state index < -0.39 is 17.2 Å². The Kier molecular flexibility index (Phi) is 9.72. The monoisotopic (exact) mass is 590 g/mol. The Hall–Kier alpha value is -3.43. The van der Waals surface area contributed by atoms with Crippen molar-refractivity contribution in [2.45, 2.75) is 95.0 Å². The molecule has 1 aliphatic carbocycles. The molecule has 2 saturated heterocycles. The van der Waals surface area contributed by atoms with E-state index in [0.717, 1.165) is 42.6 Å². The summed E-state index contributed by atoms with van der Waals surface area (Å²) in [5, 5.41) is 17.1. The molecule has 0 bridgehead atoms. The number of likely N-dealkylation sites (tertiary alicyclic amines) is 1. The minimum absolute atomic E-state index is 0.0465. The molecular formula is C34H46N4O5. The van der Waals surface area contributed by atoms with Gasteiger partial charge in [0.2, 0.25) is 11.8 Å². The van der Waals surface area contributed by atoms with E-state index in [9.17, 15) is 19.5 Å². The van der Waals surface area contributed by atoms with Crippen LogP contribution in [-0.2, 0) is 22.7 Å². The highest BCUT2D eigenvalue weighted by Gasteiger charge is 2.54. The molecule has 232 valence electrons. The van der Waals surface area contributed by atoms with Gasteiger partial charge in [0, 0.05) is 44.7 Å². The third kappa shape index (κ3) is 7.04. The molecule has 0 unspecified atom stereocenters. The average molecular weight is 591 g/mol. The third-order valence-electron chi connectivity index (χ3n) is 9.54. The Morgan fingerprint density at radius 1 is 0.977 bits per heavy atom. The van der Waals surface area contributed by atoms with Gasteiger partial charge in [-0.1, -0.05) is 50.5 Å². The second kappa shape index (κ2) is 13.5.